The van der Waals surface area contributed by atoms with Crippen molar-refractivity contribution < 1.29 is 46.2 Å². The van der Waals surface area contributed by atoms with Crippen LogP contribution in [0.4, 0.5) is 27.6 Å². The Labute approximate surface area is 253 Å². The van der Waals surface area contributed by atoms with Gasteiger partial charge in [-0.05, 0) is 55.5 Å². The Morgan fingerprint density at radius 2 is 1.68 bits per heavy atom. The van der Waals surface area contributed by atoms with Gasteiger partial charge in [-0.15, -0.1) is 0 Å². The monoisotopic (exact) mass is 642 g/mol. The highest BCUT2D eigenvalue weighted by Crippen LogP contribution is 2.32. The molecular formula is C29H28ClF5N4O5. The number of hydrogen-bond donors (Lipinski definition) is 4. The summed E-state index contributed by atoms with van der Waals surface area (Å²) in [5.74, 6) is -6.86. The Hall–Kier alpha value is -4.33. The number of ketones is 1. The number of allylic oxidation sites excluding steroid dienone is 1. The van der Waals surface area contributed by atoms with E-state index in [1.54, 1.807) is 0 Å². The molecule has 1 saturated carbocycles. The van der Waals surface area contributed by atoms with E-state index in [4.69, 9.17) is 17.0 Å². The maximum atomic E-state index is 14.3. The van der Waals surface area contributed by atoms with Gasteiger partial charge in [0.2, 0.25) is 5.91 Å². The normalized spacial score (nSPS) is 17.2. The van der Waals surface area contributed by atoms with Gasteiger partial charge >= 0.3 is 12.1 Å². The van der Waals surface area contributed by atoms with Gasteiger partial charge in [-0.1, -0.05) is 17.7 Å². The zero-order valence-corrected chi connectivity index (χ0v) is 24.0. The molecule has 0 radical (unpaired) electrons. The van der Waals surface area contributed by atoms with Gasteiger partial charge in [-0.2, -0.15) is 13.2 Å². The fraction of sp³-hybridized carbons (Fsp3) is 0.345. The van der Waals surface area contributed by atoms with Crippen molar-refractivity contribution in [3.05, 3.63) is 75.5 Å². The van der Waals surface area contributed by atoms with Crippen LogP contribution in [-0.4, -0.2) is 58.6 Å². The minimum Gasteiger partial charge on any atom is -0.481 e. The predicted molar refractivity (Wildman–Crippen MR) is 150 cm³/mol. The van der Waals surface area contributed by atoms with Crippen LogP contribution in [0.15, 0.2) is 47.7 Å². The van der Waals surface area contributed by atoms with Gasteiger partial charge < -0.3 is 26.0 Å². The fourth-order valence-corrected chi connectivity index (χ4v) is 5.17. The van der Waals surface area contributed by atoms with Crippen LogP contribution in [0.2, 0.25) is 5.02 Å². The van der Waals surface area contributed by atoms with E-state index in [1.165, 1.54) is 18.2 Å². The molecule has 2 aromatic carbocycles. The van der Waals surface area contributed by atoms with Crippen LogP contribution in [0, 0.1) is 23.0 Å². The van der Waals surface area contributed by atoms with Gasteiger partial charge in [0.05, 0.1) is 34.3 Å². The number of halogens is 6. The summed E-state index contributed by atoms with van der Waals surface area (Å²) >= 11 is 6.20. The van der Waals surface area contributed by atoms with E-state index in [9.17, 15) is 46.2 Å². The van der Waals surface area contributed by atoms with Crippen molar-refractivity contribution >= 4 is 47.1 Å². The average molecular weight is 643 g/mol. The topological polar surface area (TPSA) is 140 Å². The zero-order valence-electron chi connectivity index (χ0n) is 23.2. The van der Waals surface area contributed by atoms with Crippen molar-refractivity contribution in [2.75, 3.05) is 11.9 Å². The number of alkyl halides is 3. The van der Waals surface area contributed by atoms with Crippen molar-refractivity contribution in [2.45, 2.75) is 51.4 Å². The predicted octanol–water partition coefficient (Wildman–Crippen LogP) is 5.49. The molecule has 0 aliphatic heterocycles. The van der Waals surface area contributed by atoms with E-state index in [-0.39, 0.29) is 53.7 Å². The standard InChI is InChI=1S/C29H28ClF5N4O5/c1-15(40)37-23-4-2-3-22(30)25(23)24(41)14-39(13-16-9-18(31)11-19(32)10-16)27(42)21(12-36)26(29(33,34)35)38-20-7-5-17(6-8-20)28(43)44/h2-4,9-12,17,20,36,38H,5-8,13-14H2,1H3,(H,37,40)(H,43,44)/b26-21+,36-12?/t17-,20-. The summed E-state index contributed by atoms with van der Waals surface area (Å²) in [5, 5.41) is 21.4. The summed E-state index contributed by atoms with van der Waals surface area (Å²) in [4.78, 5) is 50.6. The van der Waals surface area contributed by atoms with E-state index in [0.717, 1.165) is 19.1 Å². The summed E-state index contributed by atoms with van der Waals surface area (Å²) in [6, 6.07) is 5.38. The third kappa shape index (κ3) is 8.85. The number of nitrogens with zero attached hydrogens (tertiary/aromatic N) is 1. The molecule has 0 aromatic heterocycles. The number of amides is 2. The highest BCUT2D eigenvalue weighted by atomic mass is 35.5. The minimum atomic E-state index is -5.19. The number of rotatable bonds is 11. The number of aliphatic carboxylic acids is 1. The number of nitrogens with one attached hydrogen (secondary N) is 3. The molecule has 3 rings (SSSR count). The van der Waals surface area contributed by atoms with E-state index in [0.29, 0.717) is 11.0 Å². The van der Waals surface area contributed by atoms with Crippen LogP contribution in [0.5, 0.6) is 0 Å². The molecule has 0 bridgehead atoms. The van der Waals surface area contributed by atoms with Crippen LogP contribution in [0.1, 0.15) is 48.5 Å². The molecule has 44 heavy (non-hydrogen) atoms. The molecular weight excluding hydrogens is 615 g/mol. The highest BCUT2D eigenvalue weighted by Gasteiger charge is 2.41. The molecule has 2 aromatic rings. The highest BCUT2D eigenvalue weighted by molar-refractivity contribution is 6.35. The van der Waals surface area contributed by atoms with Gasteiger partial charge in [0, 0.05) is 31.8 Å². The average Bonchev–Trinajstić information content (AvgIpc) is 2.91. The van der Waals surface area contributed by atoms with Crippen LogP contribution in [0.25, 0.3) is 0 Å². The first kappa shape index (κ1) is 34.2. The van der Waals surface area contributed by atoms with Gasteiger partial charge in [-0.3, -0.25) is 19.2 Å². The first-order valence-electron chi connectivity index (χ1n) is 13.3. The Balaban J connectivity index is 2.05. The SMILES string of the molecule is CC(=O)Nc1cccc(Cl)c1C(=O)CN(Cc1cc(F)cc(F)c1)C(=O)/C(C=N)=C(/N[C@H]1CC[C@H](C(=O)O)CC1)C(F)(F)F. The molecule has 0 atom stereocenters. The van der Waals surface area contributed by atoms with Crippen molar-refractivity contribution in [1.82, 2.24) is 10.2 Å². The van der Waals surface area contributed by atoms with E-state index >= 15 is 0 Å². The van der Waals surface area contributed by atoms with Crippen LogP contribution < -0.4 is 10.6 Å². The largest absolute Gasteiger partial charge is 0.481 e. The third-order valence-corrected chi connectivity index (χ3v) is 7.19. The number of carboxylic acid groups (broad SMARTS) is 1. The van der Waals surface area contributed by atoms with E-state index in [2.05, 4.69) is 10.6 Å². The quantitative estimate of drug-likeness (QED) is 0.111. The molecule has 0 spiro atoms. The lowest BCUT2D eigenvalue weighted by molar-refractivity contribution is -0.143. The molecule has 9 nitrogen and oxygen atoms in total. The summed E-state index contributed by atoms with van der Waals surface area (Å²) in [7, 11) is 0. The molecule has 0 saturated heterocycles. The van der Waals surface area contributed by atoms with Gasteiger partial charge in [0.1, 0.15) is 17.3 Å². The third-order valence-electron chi connectivity index (χ3n) is 6.87. The minimum absolute atomic E-state index is 0.0409. The number of carbonyl (C=O) groups excluding carboxylic acids is 3. The second-order valence-corrected chi connectivity index (χ2v) is 10.6. The first-order chi connectivity index (χ1) is 20.6. The first-order valence-corrected chi connectivity index (χ1v) is 13.6. The lowest BCUT2D eigenvalue weighted by Crippen LogP contribution is -2.43. The summed E-state index contributed by atoms with van der Waals surface area (Å²) < 4.78 is 70.9. The number of carbonyl (C=O) groups is 4. The summed E-state index contributed by atoms with van der Waals surface area (Å²) in [5.41, 5.74) is -3.30. The van der Waals surface area contributed by atoms with Crippen molar-refractivity contribution in [2.24, 2.45) is 5.92 Å². The maximum absolute atomic E-state index is 14.3. The Morgan fingerprint density at radius 3 is 2.20 bits per heavy atom. The van der Waals surface area contributed by atoms with Crippen LogP contribution >= 0.6 is 11.6 Å². The van der Waals surface area contributed by atoms with Crippen molar-refractivity contribution in [3.63, 3.8) is 0 Å². The van der Waals surface area contributed by atoms with Crippen LogP contribution in [0.3, 0.4) is 0 Å². The van der Waals surface area contributed by atoms with Gasteiger partial charge in [0.15, 0.2) is 5.78 Å². The van der Waals surface area contributed by atoms with E-state index in [1.807, 2.05) is 0 Å². The Morgan fingerprint density at radius 1 is 1.07 bits per heavy atom. The van der Waals surface area contributed by atoms with Crippen molar-refractivity contribution in [3.8, 4) is 0 Å². The smallest absolute Gasteiger partial charge is 0.431 e. The van der Waals surface area contributed by atoms with Gasteiger partial charge in [0.25, 0.3) is 5.91 Å². The molecule has 2 amide bonds. The number of benzene rings is 2. The molecule has 4 N–H and O–H groups in total. The zero-order chi connectivity index (χ0) is 32.8. The Bertz CT molecular complexity index is 1470. The lowest BCUT2D eigenvalue weighted by Gasteiger charge is -2.30. The molecule has 15 heteroatoms. The fourth-order valence-electron chi connectivity index (χ4n) is 4.89. The van der Waals surface area contributed by atoms with Gasteiger partial charge in [-0.25, -0.2) is 8.78 Å². The molecule has 1 fully saturated rings. The second-order valence-electron chi connectivity index (χ2n) is 10.2. The lowest BCUT2D eigenvalue weighted by atomic mass is 9.86. The Kier molecular flexibility index (Phi) is 11.2. The molecule has 1 aliphatic carbocycles. The van der Waals surface area contributed by atoms with Crippen LogP contribution in [-0.2, 0) is 20.9 Å². The molecule has 0 heterocycles. The number of anilines is 1. The molecule has 1 aliphatic rings. The number of hydrogen-bond acceptors (Lipinski definition) is 6. The number of Topliss-reactive ketones (excluding diaryl/α,β-unsaturated/α-hetero) is 1. The summed E-state index contributed by atoms with van der Waals surface area (Å²) in [6.45, 7) is -0.546. The molecule has 0 unspecified atom stereocenters. The maximum Gasteiger partial charge on any atom is 0.431 e. The summed E-state index contributed by atoms with van der Waals surface area (Å²) in [6.07, 6.45) is -4.77. The van der Waals surface area contributed by atoms with Crippen molar-refractivity contribution in [1.29, 1.82) is 5.41 Å². The molecule has 236 valence electrons. The van der Waals surface area contributed by atoms with E-state index < -0.39 is 77.7 Å². The second kappa shape index (κ2) is 14.4. The number of carboxylic acids is 1.